The number of aromatic amines is 2. The fraction of sp³-hybridized carbons (Fsp3) is 0.333. The lowest BCUT2D eigenvalue weighted by Gasteiger charge is -2.25. The van der Waals surface area contributed by atoms with Gasteiger partial charge in [-0.2, -0.15) is 5.10 Å². The topological polar surface area (TPSA) is 60.6 Å². The molecule has 3 aromatic heterocycles. The van der Waals surface area contributed by atoms with Crippen molar-refractivity contribution in [2.45, 2.75) is 26.8 Å². The summed E-state index contributed by atoms with van der Waals surface area (Å²) in [4.78, 5) is 10.1. The third-order valence-corrected chi connectivity index (χ3v) is 4.82. The molecule has 4 heterocycles. The monoisotopic (exact) mass is 307 g/mol. The number of rotatable bonds is 3. The average Bonchev–Trinajstić information content (AvgIpc) is 3.14. The molecule has 5 nitrogen and oxygen atoms in total. The van der Waals surface area contributed by atoms with Crippen molar-refractivity contribution < 1.29 is 0 Å². The molecule has 4 rings (SSSR count). The fourth-order valence-corrected chi connectivity index (χ4v) is 3.22. The molecule has 0 aliphatic carbocycles. The van der Waals surface area contributed by atoms with Crippen molar-refractivity contribution in [2.24, 2.45) is 0 Å². The summed E-state index contributed by atoms with van der Waals surface area (Å²) in [5.41, 5.74) is 7.28. The van der Waals surface area contributed by atoms with E-state index in [9.17, 15) is 0 Å². The van der Waals surface area contributed by atoms with E-state index in [0.717, 1.165) is 37.4 Å². The van der Waals surface area contributed by atoms with Gasteiger partial charge in [0.05, 0.1) is 5.69 Å². The first kappa shape index (κ1) is 14.2. The van der Waals surface area contributed by atoms with E-state index in [1.807, 2.05) is 12.3 Å². The van der Waals surface area contributed by atoms with Gasteiger partial charge in [-0.05, 0) is 43.5 Å². The summed E-state index contributed by atoms with van der Waals surface area (Å²) in [6, 6.07) is 4.13. The maximum Gasteiger partial charge on any atom is 0.137 e. The van der Waals surface area contributed by atoms with Crippen LogP contribution in [-0.4, -0.2) is 38.2 Å². The summed E-state index contributed by atoms with van der Waals surface area (Å²) in [7, 11) is 0. The van der Waals surface area contributed by atoms with Gasteiger partial charge < -0.3 is 4.98 Å². The molecule has 3 aromatic rings. The van der Waals surface area contributed by atoms with E-state index < -0.39 is 0 Å². The lowest BCUT2D eigenvalue weighted by atomic mass is 9.99. The molecule has 118 valence electrons. The van der Waals surface area contributed by atoms with Crippen LogP contribution in [0.4, 0.5) is 0 Å². The smallest absolute Gasteiger partial charge is 0.137 e. The van der Waals surface area contributed by atoms with Crippen LogP contribution in [0.1, 0.15) is 28.9 Å². The van der Waals surface area contributed by atoms with Gasteiger partial charge in [0.25, 0.3) is 0 Å². The molecule has 23 heavy (non-hydrogen) atoms. The van der Waals surface area contributed by atoms with Gasteiger partial charge in [0.2, 0.25) is 0 Å². The van der Waals surface area contributed by atoms with Crippen LogP contribution in [0.25, 0.3) is 16.6 Å². The minimum atomic E-state index is 0.912. The van der Waals surface area contributed by atoms with Gasteiger partial charge in [0.15, 0.2) is 0 Å². The molecule has 1 aliphatic heterocycles. The lowest BCUT2D eigenvalue weighted by molar-refractivity contribution is 0.290. The number of aromatic nitrogens is 4. The highest BCUT2D eigenvalue weighted by atomic mass is 15.2. The van der Waals surface area contributed by atoms with E-state index in [1.165, 1.54) is 27.8 Å². The van der Waals surface area contributed by atoms with E-state index in [2.05, 4.69) is 57.3 Å². The summed E-state index contributed by atoms with van der Waals surface area (Å²) in [6.45, 7) is 7.15. The highest BCUT2D eigenvalue weighted by molar-refractivity contribution is 5.90. The van der Waals surface area contributed by atoms with Gasteiger partial charge in [-0.25, -0.2) is 4.98 Å². The van der Waals surface area contributed by atoms with E-state index in [4.69, 9.17) is 0 Å². The maximum absolute atomic E-state index is 4.42. The fourth-order valence-electron chi connectivity index (χ4n) is 3.22. The van der Waals surface area contributed by atoms with Gasteiger partial charge in [-0.1, -0.05) is 6.08 Å². The van der Waals surface area contributed by atoms with Crippen molar-refractivity contribution in [2.75, 3.05) is 13.1 Å². The SMILES string of the molecule is Cc1[nH]nc(CN2CC=C(c3c[nH]c4ncccc34)CC2)c1C. The van der Waals surface area contributed by atoms with E-state index in [-0.39, 0.29) is 0 Å². The van der Waals surface area contributed by atoms with Gasteiger partial charge in [0, 0.05) is 48.7 Å². The van der Waals surface area contributed by atoms with Crippen LogP contribution in [0.3, 0.4) is 0 Å². The van der Waals surface area contributed by atoms with Crippen molar-refractivity contribution in [3.05, 3.63) is 53.1 Å². The van der Waals surface area contributed by atoms with Gasteiger partial charge in [0.1, 0.15) is 5.65 Å². The number of pyridine rings is 1. The first-order valence-corrected chi connectivity index (χ1v) is 8.06. The molecule has 1 aliphatic rings. The number of aryl methyl sites for hydroxylation is 1. The normalized spacial score (nSPS) is 16.0. The van der Waals surface area contributed by atoms with E-state index in [1.54, 1.807) is 0 Å². The third kappa shape index (κ3) is 2.57. The van der Waals surface area contributed by atoms with Gasteiger partial charge in [-0.3, -0.25) is 10.00 Å². The minimum absolute atomic E-state index is 0.912. The summed E-state index contributed by atoms with van der Waals surface area (Å²) < 4.78 is 0. The predicted octanol–water partition coefficient (Wildman–Crippen LogP) is 3.19. The second-order valence-corrected chi connectivity index (χ2v) is 6.24. The number of nitrogens with one attached hydrogen (secondary N) is 2. The second kappa shape index (κ2) is 5.66. The number of hydrogen-bond donors (Lipinski definition) is 2. The first-order valence-electron chi connectivity index (χ1n) is 8.06. The van der Waals surface area contributed by atoms with Crippen molar-refractivity contribution >= 4 is 16.6 Å². The van der Waals surface area contributed by atoms with Crippen LogP contribution in [0, 0.1) is 13.8 Å². The van der Waals surface area contributed by atoms with Crippen LogP contribution < -0.4 is 0 Å². The minimum Gasteiger partial charge on any atom is -0.346 e. The van der Waals surface area contributed by atoms with Crippen LogP contribution in [0.15, 0.2) is 30.6 Å². The van der Waals surface area contributed by atoms with Crippen LogP contribution in [-0.2, 0) is 6.54 Å². The highest BCUT2D eigenvalue weighted by Crippen LogP contribution is 2.28. The second-order valence-electron chi connectivity index (χ2n) is 6.24. The van der Waals surface area contributed by atoms with E-state index in [0.29, 0.717) is 0 Å². The maximum atomic E-state index is 4.42. The third-order valence-electron chi connectivity index (χ3n) is 4.82. The number of hydrogen-bond acceptors (Lipinski definition) is 3. The Morgan fingerprint density at radius 2 is 2.22 bits per heavy atom. The Labute approximate surface area is 135 Å². The molecule has 0 atom stereocenters. The zero-order chi connectivity index (χ0) is 15.8. The summed E-state index contributed by atoms with van der Waals surface area (Å²) in [5.74, 6) is 0. The molecule has 0 fully saturated rings. The Kier molecular flexibility index (Phi) is 3.50. The summed E-state index contributed by atoms with van der Waals surface area (Å²) in [6.07, 6.45) is 7.31. The highest BCUT2D eigenvalue weighted by Gasteiger charge is 2.17. The predicted molar refractivity (Wildman–Crippen MR) is 92.0 cm³/mol. The van der Waals surface area contributed by atoms with E-state index >= 15 is 0 Å². The number of fused-ring (bicyclic) bond motifs is 1. The summed E-state index contributed by atoms with van der Waals surface area (Å²) in [5, 5.41) is 8.71. The van der Waals surface area contributed by atoms with Crippen LogP contribution >= 0.6 is 0 Å². The Balaban J connectivity index is 1.52. The Bertz CT molecular complexity index is 871. The summed E-state index contributed by atoms with van der Waals surface area (Å²) >= 11 is 0. The van der Waals surface area contributed by atoms with Crippen molar-refractivity contribution in [3.8, 4) is 0 Å². The Morgan fingerprint density at radius 3 is 2.96 bits per heavy atom. The van der Waals surface area contributed by atoms with Crippen molar-refractivity contribution in [1.82, 2.24) is 25.1 Å². The standard InChI is InChI=1S/C18H21N5/c1-12-13(2)21-22-17(12)11-23-8-5-14(6-9-23)16-10-20-18-15(16)4-3-7-19-18/h3-5,7,10H,6,8-9,11H2,1-2H3,(H,19,20)(H,21,22). The lowest BCUT2D eigenvalue weighted by Crippen LogP contribution is -2.28. The molecule has 0 bridgehead atoms. The largest absolute Gasteiger partial charge is 0.346 e. The van der Waals surface area contributed by atoms with Gasteiger partial charge in [-0.15, -0.1) is 0 Å². The molecule has 2 N–H and O–H groups in total. The first-order chi connectivity index (χ1) is 11.2. The quantitative estimate of drug-likeness (QED) is 0.781. The number of nitrogens with zero attached hydrogens (tertiary/aromatic N) is 3. The molecule has 0 unspecified atom stereocenters. The molecule has 0 saturated carbocycles. The van der Waals surface area contributed by atoms with Crippen molar-refractivity contribution in [3.63, 3.8) is 0 Å². The van der Waals surface area contributed by atoms with Gasteiger partial charge >= 0.3 is 0 Å². The average molecular weight is 307 g/mol. The molecular weight excluding hydrogens is 286 g/mol. The molecule has 0 amide bonds. The zero-order valence-electron chi connectivity index (χ0n) is 13.6. The molecule has 0 aromatic carbocycles. The molecule has 0 spiro atoms. The number of H-pyrrole nitrogens is 2. The molecule has 0 radical (unpaired) electrons. The zero-order valence-corrected chi connectivity index (χ0v) is 13.6. The molecule has 0 saturated heterocycles. The molecular formula is C18H21N5. The van der Waals surface area contributed by atoms with Crippen molar-refractivity contribution in [1.29, 1.82) is 0 Å². The van der Waals surface area contributed by atoms with Crippen LogP contribution in [0.2, 0.25) is 0 Å². The Morgan fingerprint density at radius 1 is 1.30 bits per heavy atom. The molecule has 5 heteroatoms. The Hall–Kier alpha value is -2.40. The van der Waals surface area contributed by atoms with Crippen LogP contribution in [0.5, 0.6) is 0 Å².